The van der Waals surface area contributed by atoms with E-state index < -0.39 is 0 Å². The third-order valence-corrected chi connectivity index (χ3v) is 6.75. The van der Waals surface area contributed by atoms with Crippen LogP contribution < -0.4 is 10.2 Å². The molecule has 1 aromatic heterocycles. The first-order valence-electron chi connectivity index (χ1n) is 11.3. The lowest BCUT2D eigenvalue weighted by Crippen LogP contribution is -2.31. The van der Waals surface area contributed by atoms with Crippen molar-refractivity contribution < 1.29 is 9.53 Å². The van der Waals surface area contributed by atoms with E-state index in [1.165, 1.54) is 12.8 Å². The molecule has 2 aromatic rings. The summed E-state index contributed by atoms with van der Waals surface area (Å²) < 4.78 is 5.56. The minimum Gasteiger partial charge on any atom is -0.376 e. The van der Waals surface area contributed by atoms with Crippen molar-refractivity contribution in [2.45, 2.75) is 62.5 Å². The number of thioether (sulfide) groups is 1. The van der Waals surface area contributed by atoms with Crippen molar-refractivity contribution >= 4 is 23.5 Å². The highest BCUT2D eigenvalue weighted by atomic mass is 32.2. The van der Waals surface area contributed by atoms with Gasteiger partial charge in [-0.25, -0.2) is 9.97 Å². The predicted octanol–water partition coefficient (Wildman–Crippen LogP) is 4.40. The van der Waals surface area contributed by atoms with Gasteiger partial charge in [-0.3, -0.25) is 4.79 Å². The second-order valence-electron chi connectivity index (χ2n) is 8.61. The van der Waals surface area contributed by atoms with Gasteiger partial charge in [0.25, 0.3) is 5.91 Å². The summed E-state index contributed by atoms with van der Waals surface area (Å²) in [5.74, 6) is 2.16. The maximum absolute atomic E-state index is 12.4. The molecule has 2 aliphatic rings. The molecule has 3 heterocycles. The number of nitrogens with one attached hydrogen (secondary N) is 1. The number of hydrogen-bond acceptors (Lipinski definition) is 6. The Kier molecular flexibility index (Phi) is 7.45. The first kappa shape index (κ1) is 22.1. The van der Waals surface area contributed by atoms with Gasteiger partial charge in [0.1, 0.15) is 5.82 Å². The topological polar surface area (TPSA) is 67.4 Å². The molecule has 166 valence electrons. The zero-order valence-electron chi connectivity index (χ0n) is 18.5. The van der Waals surface area contributed by atoms with Crippen LogP contribution in [0.5, 0.6) is 0 Å². The SMILES string of the molecule is CC(C)c1cc(N2CCCC2)nc(SCc2ccc(C(=O)NCC3CCCO3)cc2)n1. The van der Waals surface area contributed by atoms with Gasteiger partial charge in [-0.15, -0.1) is 0 Å². The van der Waals surface area contributed by atoms with Crippen molar-refractivity contribution in [3.05, 3.63) is 47.2 Å². The Morgan fingerprint density at radius 1 is 1.19 bits per heavy atom. The van der Waals surface area contributed by atoms with Crippen molar-refractivity contribution in [3.63, 3.8) is 0 Å². The molecule has 4 rings (SSSR count). The van der Waals surface area contributed by atoms with Crippen LogP contribution in [0.25, 0.3) is 0 Å². The van der Waals surface area contributed by atoms with Gasteiger partial charge >= 0.3 is 0 Å². The average molecular weight is 441 g/mol. The smallest absolute Gasteiger partial charge is 0.251 e. The third-order valence-electron chi connectivity index (χ3n) is 5.83. The Morgan fingerprint density at radius 3 is 2.65 bits per heavy atom. The lowest BCUT2D eigenvalue weighted by Gasteiger charge is -2.18. The molecular weight excluding hydrogens is 408 g/mol. The van der Waals surface area contributed by atoms with E-state index in [4.69, 9.17) is 14.7 Å². The largest absolute Gasteiger partial charge is 0.376 e. The fourth-order valence-corrected chi connectivity index (χ4v) is 4.73. The second kappa shape index (κ2) is 10.5. The Morgan fingerprint density at radius 2 is 1.97 bits per heavy atom. The highest BCUT2D eigenvalue weighted by Crippen LogP contribution is 2.27. The molecule has 0 aliphatic carbocycles. The number of carbonyl (C=O) groups is 1. The molecule has 0 spiro atoms. The molecule has 1 atom stereocenters. The number of hydrogen-bond donors (Lipinski definition) is 1. The summed E-state index contributed by atoms with van der Waals surface area (Å²) in [6.45, 7) is 7.89. The minimum absolute atomic E-state index is 0.0436. The zero-order chi connectivity index (χ0) is 21.6. The van der Waals surface area contributed by atoms with Gasteiger partial charge in [0, 0.05) is 49.3 Å². The standard InChI is InChI=1S/C24H32N4O2S/c1-17(2)21-14-22(28-11-3-4-12-28)27-24(26-21)31-16-18-7-9-19(10-8-18)23(29)25-15-20-6-5-13-30-20/h7-10,14,17,20H,3-6,11-13,15-16H2,1-2H3,(H,25,29). The van der Waals surface area contributed by atoms with E-state index in [0.29, 0.717) is 18.0 Å². The first-order valence-corrected chi connectivity index (χ1v) is 12.3. The fourth-order valence-electron chi connectivity index (χ4n) is 3.91. The van der Waals surface area contributed by atoms with Gasteiger partial charge in [-0.1, -0.05) is 37.7 Å². The van der Waals surface area contributed by atoms with E-state index in [-0.39, 0.29) is 12.0 Å². The summed E-state index contributed by atoms with van der Waals surface area (Å²) in [6.07, 6.45) is 4.73. The van der Waals surface area contributed by atoms with Crippen LogP contribution in [-0.2, 0) is 10.5 Å². The van der Waals surface area contributed by atoms with Crippen molar-refractivity contribution in [2.24, 2.45) is 0 Å². The molecule has 2 saturated heterocycles. The van der Waals surface area contributed by atoms with E-state index in [9.17, 15) is 4.79 Å². The summed E-state index contributed by atoms with van der Waals surface area (Å²) in [6, 6.07) is 9.96. The number of benzene rings is 1. The normalized spacial score (nSPS) is 18.7. The van der Waals surface area contributed by atoms with Gasteiger partial charge in [-0.2, -0.15) is 0 Å². The lowest BCUT2D eigenvalue weighted by molar-refractivity contribution is 0.0858. The van der Waals surface area contributed by atoms with Crippen LogP contribution in [0.2, 0.25) is 0 Å². The van der Waals surface area contributed by atoms with Crippen molar-refractivity contribution in [1.29, 1.82) is 0 Å². The number of nitrogens with zero attached hydrogens (tertiary/aromatic N) is 3. The molecule has 0 radical (unpaired) electrons. The highest BCUT2D eigenvalue weighted by Gasteiger charge is 2.18. The quantitative estimate of drug-likeness (QED) is 0.485. The molecule has 31 heavy (non-hydrogen) atoms. The maximum atomic E-state index is 12.4. The summed E-state index contributed by atoms with van der Waals surface area (Å²) in [5.41, 5.74) is 2.93. The minimum atomic E-state index is -0.0436. The Bertz CT molecular complexity index is 876. The van der Waals surface area contributed by atoms with E-state index >= 15 is 0 Å². The predicted molar refractivity (Wildman–Crippen MR) is 125 cm³/mol. The van der Waals surface area contributed by atoms with E-state index in [2.05, 4.69) is 30.1 Å². The molecule has 7 heteroatoms. The maximum Gasteiger partial charge on any atom is 0.251 e. The number of amides is 1. The van der Waals surface area contributed by atoms with Crippen LogP contribution >= 0.6 is 11.8 Å². The molecular formula is C24H32N4O2S. The lowest BCUT2D eigenvalue weighted by atomic mass is 10.1. The van der Waals surface area contributed by atoms with Crippen molar-refractivity contribution in [2.75, 3.05) is 31.1 Å². The summed E-state index contributed by atoms with van der Waals surface area (Å²) in [5, 5.41) is 3.80. The molecule has 2 fully saturated rings. The number of carbonyl (C=O) groups excluding carboxylic acids is 1. The van der Waals surface area contributed by atoms with E-state index in [0.717, 1.165) is 60.5 Å². The zero-order valence-corrected chi connectivity index (χ0v) is 19.3. The molecule has 0 saturated carbocycles. The van der Waals surface area contributed by atoms with Crippen LogP contribution in [0.15, 0.2) is 35.5 Å². The van der Waals surface area contributed by atoms with E-state index in [1.54, 1.807) is 11.8 Å². The monoisotopic (exact) mass is 440 g/mol. The van der Waals surface area contributed by atoms with Gasteiger partial charge in [0.2, 0.25) is 0 Å². The first-order chi connectivity index (χ1) is 15.1. The third kappa shape index (κ3) is 5.98. The molecule has 1 amide bonds. The molecule has 2 aliphatic heterocycles. The van der Waals surface area contributed by atoms with Gasteiger partial charge in [0.05, 0.1) is 6.10 Å². The number of ether oxygens (including phenoxy) is 1. The van der Waals surface area contributed by atoms with Gasteiger partial charge < -0.3 is 15.0 Å². The molecule has 1 aromatic carbocycles. The summed E-state index contributed by atoms with van der Waals surface area (Å²) in [4.78, 5) is 24.3. The second-order valence-corrected chi connectivity index (χ2v) is 9.56. The fraction of sp³-hybridized carbons (Fsp3) is 0.542. The van der Waals surface area contributed by atoms with Gasteiger partial charge in [0.15, 0.2) is 5.16 Å². The Hall–Kier alpha value is -2.12. The number of aromatic nitrogens is 2. The van der Waals surface area contributed by atoms with Crippen LogP contribution in [0, 0.1) is 0 Å². The Labute approximate surface area is 189 Å². The average Bonchev–Trinajstić information content (AvgIpc) is 3.50. The summed E-state index contributed by atoms with van der Waals surface area (Å²) in [7, 11) is 0. The van der Waals surface area contributed by atoms with E-state index in [1.807, 2.05) is 24.3 Å². The molecule has 1 N–H and O–H groups in total. The van der Waals surface area contributed by atoms with Crippen molar-refractivity contribution in [3.8, 4) is 0 Å². The van der Waals surface area contributed by atoms with Crippen molar-refractivity contribution in [1.82, 2.24) is 15.3 Å². The van der Waals surface area contributed by atoms with Crippen LogP contribution in [-0.4, -0.2) is 48.2 Å². The summed E-state index contributed by atoms with van der Waals surface area (Å²) >= 11 is 1.65. The highest BCUT2D eigenvalue weighted by molar-refractivity contribution is 7.98. The Balaban J connectivity index is 1.35. The van der Waals surface area contributed by atoms with Crippen LogP contribution in [0.3, 0.4) is 0 Å². The molecule has 0 bridgehead atoms. The molecule has 6 nitrogen and oxygen atoms in total. The van der Waals surface area contributed by atoms with Crippen LogP contribution in [0.4, 0.5) is 5.82 Å². The molecule has 1 unspecified atom stereocenters. The number of anilines is 1. The number of rotatable bonds is 8. The van der Waals surface area contributed by atoms with Crippen LogP contribution in [0.1, 0.15) is 67.1 Å². The van der Waals surface area contributed by atoms with Gasteiger partial charge in [-0.05, 0) is 49.3 Å².